The van der Waals surface area contributed by atoms with Crippen LogP contribution in [0.15, 0.2) is 0 Å². The Labute approximate surface area is 125 Å². The molecule has 0 spiro atoms. The lowest BCUT2D eigenvalue weighted by Crippen LogP contribution is -2.24. The number of rotatable bonds is 6. The van der Waals surface area contributed by atoms with E-state index in [1.807, 2.05) is 18.5 Å². The van der Waals surface area contributed by atoms with Crippen molar-refractivity contribution in [3.8, 4) is 0 Å². The van der Waals surface area contributed by atoms with Gasteiger partial charge in [0.1, 0.15) is 0 Å². The first-order valence-corrected chi connectivity index (χ1v) is 9.32. The molecule has 1 saturated heterocycles. The fourth-order valence-electron chi connectivity index (χ4n) is 2.61. The molecule has 1 aromatic heterocycles. The Hall–Kier alpha value is -0.590. The first-order chi connectivity index (χ1) is 9.46. The van der Waals surface area contributed by atoms with Crippen LogP contribution in [0.1, 0.15) is 31.7 Å². The van der Waals surface area contributed by atoms with Crippen LogP contribution in [0.5, 0.6) is 0 Å². The number of hydrogen-bond acceptors (Lipinski definition) is 4. The SMILES string of the molecule is CCc1nn(CC)c(CNCC2CCS(=O)(=O)C2)c1Cl. The quantitative estimate of drug-likeness (QED) is 0.866. The minimum atomic E-state index is -2.79. The molecule has 0 aromatic carbocycles. The summed E-state index contributed by atoms with van der Waals surface area (Å²) in [5.74, 6) is 0.857. The third kappa shape index (κ3) is 3.54. The molecule has 0 amide bonds. The first kappa shape index (κ1) is 15.8. The predicted molar refractivity (Wildman–Crippen MR) is 80.8 cm³/mol. The zero-order valence-electron chi connectivity index (χ0n) is 12.0. The number of hydrogen-bond donors (Lipinski definition) is 1. The maximum Gasteiger partial charge on any atom is 0.150 e. The van der Waals surface area contributed by atoms with Gasteiger partial charge in [-0.1, -0.05) is 18.5 Å². The summed E-state index contributed by atoms with van der Waals surface area (Å²) in [6.45, 7) is 6.21. The molecule has 0 bridgehead atoms. The monoisotopic (exact) mass is 319 g/mol. The molecule has 1 fully saturated rings. The largest absolute Gasteiger partial charge is 0.311 e. The smallest absolute Gasteiger partial charge is 0.150 e. The van der Waals surface area contributed by atoms with E-state index in [0.29, 0.717) is 24.6 Å². The summed E-state index contributed by atoms with van der Waals surface area (Å²) in [5, 5.41) is 8.53. The molecular formula is C13H22ClN3O2S. The molecule has 7 heteroatoms. The highest BCUT2D eigenvalue weighted by molar-refractivity contribution is 7.91. The van der Waals surface area contributed by atoms with Crippen molar-refractivity contribution in [3.63, 3.8) is 0 Å². The molecule has 1 aliphatic heterocycles. The van der Waals surface area contributed by atoms with Gasteiger partial charge in [0.05, 0.1) is 27.9 Å². The Morgan fingerprint density at radius 2 is 2.20 bits per heavy atom. The van der Waals surface area contributed by atoms with E-state index in [1.165, 1.54) is 0 Å². The van der Waals surface area contributed by atoms with Gasteiger partial charge in [-0.3, -0.25) is 4.68 Å². The Bertz CT molecular complexity index is 568. The molecular weight excluding hydrogens is 298 g/mol. The summed E-state index contributed by atoms with van der Waals surface area (Å²) in [5.41, 5.74) is 1.92. The van der Waals surface area contributed by atoms with Gasteiger partial charge in [-0.05, 0) is 32.2 Å². The zero-order chi connectivity index (χ0) is 14.8. The maximum absolute atomic E-state index is 11.4. The number of nitrogens with one attached hydrogen (secondary N) is 1. The highest BCUT2D eigenvalue weighted by Gasteiger charge is 2.27. The van der Waals surface area contributed by atoms with Crippen LogP contribution < -0.4 is 5.32 Å². The van der Waals surface area contributed by atoms with Gasteiger partial charge in [-0.25, -0.2) is 8.42 Å². The van der Waals surface area contributed by atoms with E-state index in [-0.39, 0.29) is 5.92 Å². The van der Waals surface area contributed by atoms with Gasteiger partial charge in [-0.15, -0.1) is 0 Å². The Balaban J connectivity index is 1.93. The van der Waals surface area contributed by atoms with Crippen LogP contribution in [0, 0.1) is 5.92 Å². The Kier molecular flexibility index (Phi) is 5.09. The van der Waals surface area contributed by atoms with Crippen molar-refractivity contribution in [2.24, 2.45) is 5.92 Å². The predicted octanol–water partition coefficient (Wildman–Crippen LogP) is 1.64. The van der Waals surface area contributed by atoms with E-state index >= 15 is 0 Å². The van der Waals surface area contributed by atoms with Gasteiger partial charge in [0.2, 0.25) is 0 Å². The van der Waals surface area contributed by atoms with Crippen LogP contribution >= 0.6 is 11.6 Å². The standard InChI is InChI=1S/C13H22ClN3O2S/c1-3-11-13(14)12(17(4-2)16-11)8-15-7-10-5-6-20(18,19)9-10/h10,15H,3-9H2,1-2H3. The van der Waals surface area contributed by atoms with Gasteiger partial charge in [0.25, 0.3) is 0 Å². The van der Waals surface area contributed by atoms with Gasteiger partial charge in [0.15, 0.2) is 9.84 Å². The van der Waals surface area contributed by atoms with Crippen LogP contribution in [0.3, 0.4) is 0 Å². The summed E-state index contributed by atoms with van der Waals surface area (Å²) in [6.07, 6.45) is 1.58. The highest BCUT2D eigenvalue weighted by atomic mass is 35.5. The van der Waals surface area contributed by atoms with Crippen LogP contribution in [0.2, 0.25) is 5.02 Å². The number of aromatic nitrogens is 2. The topological polar surface area (TPSA) is 64.0 Å². The Morgan fingerprint density at radius 3 is 2.75 bits per heavy atom. The van der Waals surface area contributed by atoms with Gasteiger partial charge < -0.3 is 5.32 Å². The molecule has 1 aromatic rings. The summed E-state index contributed by atoms with van der Waals surface area (Å²) in [4.78, 5) is 0. The van der Waals surface area contributed by atoms with E-state index in [4.69, 9.17) is 11.6 Å². The number of aryl methyl sites for hydroxylation is 2. The molecule has 1 unspecified atom stereocenters. The number of halogens is 1. The first-order valence-electron chi connectivity index (χ1n) is 7.12. The molecule has 0 saturated carbocycles. The van der Waals surface area contributed by atoms with Crippen molar-refractivity contribution in [1.82, 2.24) is 15.1 Å². The zero-order valence-corrected chi connectivity index (χ0v) is 13.6. The van der Waals surface area contributed by atoms with Gasteiger partial charge in [-0.2, -0.15) is 5.10 Å². The van der Waals surface area contributed by atoms with E-state index in [0.717, 1.165) is 35.8 Å². The van der Waals surface area contributed by atoms with E-state index in [2.05, 4.69) is 10.4 Å². The molecule has 1 aliphatic rings. The number of sulfone groups is 1. The van der Waals surface area contributed by atoms with Crippen molar-refractivity contribution in [2.45, 2.75) is 39.8 Å². The average Bonchev–Trinajstić information content (AvgIpc) is 2.90. The second kappa shape index (κ2) is 6.45. The summed E-state index contributed by atoms with van der Waals surface area (Å²) in [7, 11) is -2.79. The Morgan fingerprint density at radius 1 is 1.45 bits per heavy atom. The molecule has 0 aliphatic carbocycles. The van der Waals surface area contributed by atoms with E-state index in [9.17, 15) is 8.42 Å². The molecule has 2 rings (SSSR count). The molecule has 2 heterocycles. The third-order valence-electron chi connectivity index (χ3n) is 3.75. The van der Waals surface area contributed by atoms with Crippen molar-refractivity contribution in [2.75, 3.05) is 18.1 Å². The van der Waals surface area contributed by atoms with Crippen molar-refractivity contribution in [1.29, 1.82) is 0 Å². The second-order valence-corrected chi connectivity index (χ2v) is 7.88. The highest BCUT2D eigenvalue weighted by Crippen LogP contribution is 2.22. The fraction of sp³-hybridized carbons (Fsp3) is 0.769. The normalized spacial score (nSPS) is 21.4. The minimum absolute atomic E-state index is 0.224. The lowest BCUT2D eigenvalue weighted by Gasteiger charge is -2.10. The van der Waals surface area contributed by atoms with Crippen molar-refractivity contribution >= 4 is 21.4 Å². The summed E-state index contributed by atoms with van der Waals surface area (Å²) < 4.78 is 24.7. The molecule has 1 atom stereocenters. The molecule has 1 N–H and O–H groups in total. The second-order valence-electron chi connectivity index (χ2n) is 5.28. The van der Waals surface area contributed by atoms with Crippen molar-refractivity contribution < 1.29 is 8.42 Å². The van der Waals surface area contributed by atoms with Crippen LogP contribution in [-0.2, 0) is 29.3 Å². The van der Waals surface area contributed by atoms with Crippen LogP contribution in [-0.4, -0.2) is 36.2 Å². The summed E-state index contributed by atoms with van der Waals surface area (Å²) in [6, 6.07) is 0. The van der Waals surface area contributed by atoms with Gasteiger partial charge in [0, 0.05) is 13.1 Å². The lowest BCUT2D eigenvalue weighted by atomic mass is 10.1. The van der Waals surface area contributed by atoms with Crippen molar-refractivity contribution in [3.05, 3.63) is 16.4 Å². The number of nitrogens with zero attached hydrogens (tertiary/aromatic N) is 2. The summed E-state index contributed by atoms with van der Waals surface area (Å²) >= 11 is 6.33. The van der Waals surface area contributed by atoms with Gasteiger partial charge >= 0.3 is 0 Å². The van der Waals surface area contributed by atoms with E-state index < -0.39 is 9.84 Å². The third-order valence-corrected chi connectivity index (χ3v) is 6.02. The van der Waals surface area contributed by atoms with Crippen LogP contribution in [0.4, 0.5) is 0 Å². The van der Waals surface area contributed by atoms with E-state index in [1.54, 1.807) is 0 Å². The maximum atomic E-state index is 11.4. The van der Waals surface area contributed by atoms with Crippen LogP contribution in [0.25, 0.3) is 0 Å². The molecule has 20 heavy (non-hydrogen) atoms. The lowest BCUT2D eigenvalue weighted by molar-refractivity contribution is 0.503. The molecule has 114 valence electrons. The fourth-order valence-corrected chi connectivity index (χ4v) is 4.81. The molecule has 0 radical (unpaired) electrons. The minimum Gasteiger partial charge on any atom is -0.311 e. The average molecular weight is 320 g/mol. The molecule has 5 nitrogen and oxygen atoms in total.